The molecule has 6 nitrogen and oxygen atoms in total. The quantitative estimate of drug-likeness (QED) is 0.307. The summed E-state index contributed by atoms with van der Waals surface area (Å²) in [6, 6.07) is 11.3. The summed E-state index contributed by atoms with van der Waals surface area (Å²) in [5.74, 6) is -1.62. The van der Waals surface area contributed by atoms with Crippen molar-refractivity contribution in [2.75, 3.05) is 19.8 Å². The zero-order valence-corrected chi connectivity index (χ0v) is 17.5. The van der Waals surface area contributed by atoms with Gasteiger partial charge < -0.3 is 19.5 Å². The highest BCUT2D eigenvalue weighted by Gasteiger charge is 2.47. The van der Waals surface area contributed by atoms with Crippen LogP contribution in [-0.2, 0) is 14.3 Å². The Bertz CT molecular complexity index is 1040. The topological polar surface area (TPSA) is 76.1 Å². The van der Waals surface area contributed by atoms with E-state index in [1.807, 2.05) is 0 Å². The minimum Gasteiger partial charge on any atom is -0.507 e. The fraction of sp³-hybridized carbons (Fsp3) is 0.280. The summed E-state index contributed by atoms with van der Waals surface area (Å²) in [6.45, 7) is 4.76. The Morgan fingerprint density at radius 3 is 2.53 bits per heavy atom. The number of aliphatic hydroxyl groups is 1. The van der Waals surface area contributed by atoms with E-state index in [1.165, 1.54) is 29.2 Å². The van der Waals surface area contributed by atoms with E-state index in [9.17, 15) is 19.1 Å². The van der Waals surface area contributed by atoms with Gasteiger partial charge in [0.2, 0.25) is 0 Å². The molecular weight excluding hydrogens is 413 g/mol. The molecule has 1 amide bonds. The third kappa shape index (κ3) is 4.29. The van der Waals surface area contributed by atoms with Crippen LogP contribution in [-0.4, -0.2) is 47.6 Å². The van der Waals surface area contributed by atoms with Crippen LogP contribution in [0.15, 0.2) is 66.8 Å². The largest absolute Gasteiger partial charge is 0.507 e. The maximum Gasteiger partial charge on any atom is 0.295 e. The number of ketones is 1. The summed E-state index contributed by atoms with van der Waals surface area (Å²) in [5, 5.41) is 11.1. The average molecular weight is 437 g/mol. The fourth-order valence-corrected chi connectivity index (χ4v) is 4.09. The van der Waals surface area contributed by atoms with E-state index in [0.717, 1.165) is 12.8 Å². The second-order valence-electron chi connectivity index (χ2n) is 7.76. The third-order valence-corrected chi connectivity index (χ3v) is 5.65. The van der Waals surface area contributed by atoms with Crippen LogP contribution in [0.4, 0.5) is 4.39 Å². The van der Waals surface area contributed by atoms with Gasteiger partial charge in [0.25, 0.3) is 11.7 Å². The van der Waals surface area contributed by atoms with Gasteiger partial charge in [-0.3, -0.25) is 9.59 Å². The number of halogens is 1. The van der Waals surface area contributed by atoms with Gasteiger partial charge in [-0.05, 0) is 54.8 Å². The Labute approximate surface area is 185 Å². The molecule has 2 atom stereocenters. The predicted molar refractivity (Wildman–Crippen MR) is 117 cm³/mol. The Balaban J connectivity index is 1.74. The SMILES string of the molecule is C=CCOc1ccc(C(O)=C2C(=O)C(=O)N(C[C@@H]3CCCO3)[C@H]2c2ccc(F)cc2)cc1. The van der Waals surface area contributed by atoms with Crippen LogP contribution in [0.25, 0.3) is 5.76 Å². The van der Waals surface area contributed by atoms with Crippen LogP contribution in [0, 0.1) is 5.82 Å². The molecule has 0 bridgehead atoms. The molecule has 4 rings (SSSR count). The second-order valence-corrected chi connectivity index (χ2v) is 7.76. The van der Waals surface area contributed by atoms with Gasteiger partial charge in [-0.15, -0.1) is 0 Å². The first-order valence-corrected chi connectivity index (χ1v) is 10.5. The van der Waals surface area contributed by atoms with Crippen LogP contribution >= 0.6 is 0 Å². The molecule has 32 heavy (non-hydrogen) atoms. The molecule has 7 heteroatoms. The molecule has 2 aromatic rings. The van der Waals surface area contributed by atoms with Crippen molar-refractivity contribution >= 4 is 17.4 Å². The summed E-state index contributed by atoms with van der Waals surface area (Å²) in [4.78, 5) is 27.4. The van der Waals surface area contributed by atoms with Gasteiger partial charge in [0.05, 0.1) is 17.7 Å². The molecule has 1 N–H and O–H groups in total. The summed E-state index contributed by atoms with van der Waals surface area (Å²) >= 11 is 0. The lowest BCUT2D eigenvalue weighted by atomic mass is 9.95. The number of Topliss-reactive ketones (excluding diaryl/α,β-unsaturated/α-hetero) is 1. The van der Waals surface area contributed by atoms with Crippen molar-refractivity contribution in [3.63, 3.8) is 0 Å². The van der Waals surface area contributed by atoms with E-state index < -0.39 is 23.5 Å². The highest BCUT2D eigenvalue weighted by Crippen LogP contribution is 2.40. The number of carbonyl (C=O) groups excluding carboxylic acids is 2. The Hall–Kier alpha value is -3.45. The molecule has 0 unspecified atom stereocenters. The number of ether oxygens (including phenoxy) is 2. The number of hydrogen-bond donors (Lipinski definition) is 1. The molecule has 2 saturated heterocycles. The molecular formula is C25H24FNO5. The Morgan fingerprint density at radius 1 is 1.19 bits per heavy atom. The molecule has 2 aliphatic heterocycles. The van der Waals surface area contributed by atoms with Gasteiger partial charge in [-0.25, -0.2) is 4.39 Å². The van der Waals surface area contributed by atoms with Crippen molar-refractivity contribution in [2.24, 2.45) is 0 Å². The first-order valence-electron chi connectivity index (χ1n) is 10.5. The molecule has 166 valence electrons. The minimum absolute atomic E-state index is 0.0284. The highest BCUT2D eigenvalue weighted by atomic mass is 19.1. The summed E-state index contributed by atoms with van der Waals surface area (Å²) in [5.41, 5.74) is 0.883. The van der Waals surface area contributed by atoms with Gasteiger partial charge >= 0.3 is 0 Å². The van der Waals surface area contributed by atoms with E-state index in [2.05, 4.69) is 6.58 Å². The number of nitrogens with zero attached hydrogens (tertiary/aromatic N) is 1. The minimum atomic E-state index is -0.837. The van der Waals surface area contributed by atoms with Gasteiger partial charge in [-0.1, -0.05) is 24.8 Å². The summed E-state index contributed by atoms with van der Waals surface area (Å²) in [7, 11) is 0. The molecule has 0 radical (unpaired) electrons. The van der Waals surface area contributed by atoms with Crippen molar-refractivity contribution in [1.29, 1.82) is 0 Å². The van der Waals surface area contributed by atoms with Crippen molar-refractivity contribution < 1.29 is 28.6 Å². The molecule has 0 aromatic heterocycles. The predicted octanol–water partition coefficient (Wildman–Crippen LogP) is 3.99. The zero-order valence-electron chi connectivity index (χ0n) is 17.5. The number of likely N-dealkylation sites (tertiary alicyclic amines) is 1. The van der Waals surface area contributed by atoms with Gasteiger partial charge in [0, 0.05) is 18.7 Å². The van der Waals surface area contributed by atoms with Crippen molar-refractivity contribution in [1.82, 2.24) is 4.90 Å². The lowest BCUT2D eigenvalue weighted by Crippen LogP contribution is -2.36. The molecule has 2 heterocycles. The number of benzene rings is 2. The first-order chi connectivity index (χ1) is 15.5. The zero-order chi connectivity index (χ0) is 22.7. The number of rotatable bonds is 7. The fourth-order valence-electron chi connectivity index (χ4n) is 4.09. The average Bonchev–Trinajstić information content (AvgIpc) is 3.41. The van der Waals surface area contributed by atoms with E-state index in [0.29, 0.717) is 30.1 Å². The Morgan fingerprint density at radius 2 is 1.91 bits per heavy atom. The molecule has 0 saturated carbocycles. The number of hydrogen-bond acceptors (Lipinski definition) is 5. The number of amides is 1. The first kappa shape index (κ1) is 21.8. The summed E-state index contributed by atoms with van der Waals surface area (Å²) < 4.78 is 24.7. The van der Waals surface area contributed by atoms with Gasteiger partial charge in [-0.2, -0.15) is 0 Å². The van der Waals surface area contributed by atoms with Crippen LogP contribution < -0.4 is 4.74 Å². The lowest BCUT2D eigenvalue weighted by Gasteiger charge is -2.27. The standard InChI is InChI=1S/C25H24FNO5/c1-2-13-31-19-11-7-17(8-12-19)23(28)21-22(16-5-9-18(26)10-6-16)27(25(30)24(21)29)15-20-4-3-14-32-20/h2,5-12,20,22,28H,1,3-4,13-15H2/t20-,22-/m0/s1. The maximum absolute atomic E-state index is 13.6. The van der Waals surface area contributed by atoms with Crippen molar-refractivity contribution in [2.45, 2.75) is 25.0 Å². The molecule has 2 fully saturated rings. The van der Waals surface area contributed by atoms with Crippen molar-refractivity contribution in [3.05, 3.63) is 83.7 Å². The van der Waals surface area contributed by atoms with E-state index in [4.69, 9.17) is 9.47 Å². The van der Waals surface area contributed by atoms with Crippen LogP contribution in [0.1, 0.15) is 30.0 Å². The monoisotopic (exact) mass is 437 g/mol. The second kappa shape index (κ2) is 9.36. The normalized spacial score (nSPS) is 22.3. The molecule has 0 aliphatic carbocycles. The van der Waals surface area contributed by atoms with Crippen LogP contribution in [0.3, 0.4) is 0 Å². The van der Waals surface area contributed by atoms with Crippen molar-refractivity contribution in [3.8, 4) is 5.75 Å². The molecule has 2 aromatic carbocycles. The summed E-state index contributed by atoms with van der Waals surface area (Å²) in [6.07, 6.45) is 3.10. The van der Waals surface area contributed by atoms with Crippen LogP contribution in [0.2, 0.25) is 0 Å². The van der Waals surface area contributed by atoms with E-state index in [-0.39, 0.29) is 24.0 Å². The smallest absolute Gasteiger partial charge is 0.295 e. The van der Waals surface area contributed by atoms with Crippen LogP contribution in [0.5, 0.6) is 5.75 Å². The third-order valence-electron chi connectivity index (χ3n) is 5.65. The maximum atomic E-state index is 13.6. The number of aliphatic hydroxyl groups excluding tert-OH is 1. The van der Waals surface area contributed by atoms with Gasteiger partial charge in [0.1, 0.15) is 23.9 Å². The van der Waals surface area contributed by atoms with Gasteiger partial charge in [0.15, 0.2) is 0 Å². The van der Waals surface area contributed by atoms with E-state index >= 15 is 0 Å². The molecule has 0 spiro atoms. The number of carbonyl (C=O) groups is 2. The lowest BCUT2D eigenvalue weighted by molar-refractivity contribution is -0.140. The van der Waals surface area contributed by atoms with E-state index in [1.54, 1.807) is 30.3 Å². The highest BCUT2D eigenvalue weighted by molar-refractivity contribution is 6.46. The molecule has 2 aliphatic rings. The Kier molecular flexibility index (Phi) is 6.37.